The zero-order valence-electron chi connectivity index (χ0n) is 18.9. The van der Waals surface area contributed by atoms with Crippen LogP contribution in [0.5, 0.6) is 0 Å². The van der Waals surface area contributed by atoms with Crippen LogP contribution in [0, 0.1) is 12.8 Å². The van der Waals surface area contributed by atoms with Gasteiger partial charge in [-0.15, -0.1) is 10.3 Å². The molecule has 1 heterocycles. The Hall–Kier alpha value is -1.59. The van der Waals surface area contributed by atoms with Crippen LogP contribution in [-0.4, -0.2) is 40.4 Å². The molecule has 2 rings (SSSR count). The molecule has 0 radical (unpaired) electrons. The van der Waals surface area contributed by atoms with Crippen LogP contribution in [0.15, 0.2) is 30.5 Å². The van der Waals surface area contributed by atoms with E-state index in [0.717, 1.165) is 28.3 Å². The summed E-state index contributed by atoms with van der Waals surface area (Å²) in [4.78, 5) is 15.6. The quantitative estimate of drug-likeness (QED) is 0.593. The van der Waals surface area contributed by atoms with Crippen molar-refractivity contribution in [3.8, 4) is 0 Å². The third-order valence-corrected chi connectivity index (χ3v) is 4.97. The molecule has 0 spiro atoms. The topological polar surface area (TPSA) is 59.4 Å². The van der Waals surface area contributed by atoms with E-state index in [1.807, 2.05) is 39.5 Å². The third kappa shape index (κ3) is 13.6. The summed E-state index contributed by atoms with van der Waals surface area (Å²) in [5, 5.41) is 2.30. The zero-order valence-corrected chi connectivity index (χ0v) is 19.7. The van der Waals surface area contributed by atoms with E-state index >= 15 is 0 Å². The monoisotopic (exact) mass is 409 g/mol. The van der Waals surface area contributed by atoms with Crippen LogP contribution in [0.25, 0.3) is 10.8 Å². The molecule has 0 aliphatic rings. The van der Waals surface area contributed by atoms with Crippen molar-refractivity contribution in [2.45, 2.75) is 54.4 Å². The van der Waals surface area contributed by atoms with Crippen LogP contribution in [0.3, 0.4) is 0 Å². The van der Waals surface area contributed by atoms with Crippen molar-refractivity contribution in [3.63, 3.8) is 0 Å². The number of aryl methyl sites for hydroxylation is 2. The minimum Gasteiger partial charge on any atom is -0.466 e. The van der Waals surface area contributed by atoms with Crippen molar-refractivity contribution in [2.75, 3.05) is 24.9 Å². The number of hydrogen-bond donors (Lipinski definition) is 1. The molecular formula is C23H39NO3S. The van der Waals surface area contributed by atoms with Crippen LogP contribution in [0.2, 0.25) is 0 Å². The van der Waals surface area contributed by atoms with Crippen molar-refractivity contribution < 1.29 is 14.1 Å². The molecule has 0 saturated carbocycles. The number of aromatic nitrogens is 1. The molecule has 4 nitrogen and oxygen atoms in total. The van der Waals surface area contributed by atoms with Crippen molar-refractivity contribution >= 4 is 27.1 Å². The third-order valence-electron chi connectivity index (χ3n) is 3.55. The standard InChI is InChI=1S/C15H17NO2.C4H12OS.C4H10/c1-3-18-15(17)7-5-12-4-6-13-8-11(2)16-10-14(13)9-12;1-4-6(2,3)5;1-4(2)3/h4,6,8-10H,3,5,7H2,1-2H3;5H,4H2,1-3H3;4H,1-3H3. The molecule has 2 aromatic rings. The van der Waals surface area contributed by atoms with Crippen LogP contribution in [-0.2, 0) is 16.0 Å². The van der Waals surface area contributed by atoms with Gasteiger partial charge in [0, 0.05) is 23.7 Å². The van der Waals surface area contributed by atoms with Gasteiger partial charge in [-0.3, -0.25) is 9.78 Å². The highest BCUT2D eigenvalue weighted by molar-refractivity contribution is 8.27. The highest BCUT2D eigenvalue weighted by Gasteiger charge is 2.03. The van der Waals surface area contributed by atoms with Crippen LogP contribution in [0.1, 0.15) is 52.3 Å². The summed E-state index contributed by atoms with van der Waals surface area (Å²) in [6, 6.07) is 8.27. The average molecular weight is 410 g/mol. The first kappa shape index (κ1) is 26.4. The summed E-state index contributed by atoms with van der Waals surface area (Å²) in [5.41, 5.74) is 2.16. The molecule has 1 aromatic heterocycles. The number of hydrogen-bond acceptors (Lipinski definition) is 4. The van der Waals surface area contributed by atoms with Crippen LogP contribution < -0.4 is 0 Å². The maximum atomic E-state index is 11.3. The fourth-order valence-corrected chi connectivity index (χ4v) is 1.94. The second-order valence-corrected chi connectivity index (χ2v) is 11.3. The molecule has 0 saturated heterocycles. The molecule has 0 aliphatic heterocycles. The highest BCUT2D eigenvalue weighted by Crippen LogP contribution is 2.32. The maximum Gasteiger partial charge on any atom is 0.306 e. The summed E-state index contributed by atoms with van der Waals surface area (Å²) in [5.74, 6) is 1.60. The van der Waals surface area contributed by atoms with Gasteiger partial charge in [-0.2, -0.15) is 0 Å². The number of esters is 1. The predicted octanol–water partition coefficient (Wildman–Crippen LogP) is 6.24. The molecule has 0 atom stereocenters. The van der Waals surface area contributed by atoms with E-state index in [0.29, 0.717) is 19.4 Å². The number of rotatable bonds is 5. The van der Waals surface area contributed by atoms with E-state index in [1.54, 1.807) is 0 Å². The van der Waals surface area contributed by atoms with Gasteiger partial charge < -0.3 is 9.29 Å². The lowest BCUT2D eigenvalue weighted by molar-refractivity contribution is -0.143. The number of fused-ring (bicyclic) bond motifs is 1. The molecule has 0 unspecified atom stereocenters. The number of carbonyl (C=O) groups excluding carboxylic acids is 1. The fraction of sp³-hybridized carbons (Fsp3) is 0.565. The second kappa shape index (κ2) is 13.6. The molecule has 28 heavy (non-hydrogen) atoms. The lowest BCUT2D eigenvalue weighted by atomic mass is 10.0. The summed E-state index contributed by atoms with van der Waals surface area (Å²) in [7, 11) is -1.16. The number of carbonyl (C=O) groups is 1. The Bertz CT molecular complexity index is 706. The summed E-state index contributed by atoms with van der Waals surface area (Å²) in [6.45, 7) is 12.7. The molecule has 0 amide bonds. The Balaban J connectivity index is 0.000000608. The van der Waals surface area contributed by atoms with Gasteiger partial charge in [0.25, 0.3) is 0 Å². The van der Waals surface area contributed by atoms with Crippen molar-refractivity contribution in [1.29, 1.82) is 0 Å². The summed E-state index contributed by atoms with van der Waals surface area (Å²) >= 11 is 0. The van der Waals surface area contributed by atoms with Gasteiger partial charge >= 0.3 is 5.97 Å². The van der Waals surface area contributed by atoms with Gasteiger partial charge in [0.15, 0.2) is 0 Å². The summed E-state index contributed by atoms with van der Waals surface area (Å²) in [6.07, 6.45) is 6.78. The van der Waals surface area contributed by atoms with Crippen molar-refractivity contribution in [2.24, 2.45) is 5.92 Å². The Morgan fingerprint density at radius 2 is 1.71 bits per heavy atom. The smallest absolute Gasteiger partial charge is 0.306 e. The fourth-order valence-electron chi connectivity index (χ4n) is 1.94. The van der Waals surface area contributed by atoms with Gasteiger partial charge in [0.2, 0.25) is 0 Å². The lowest BCUT2D eigenvalue weighted by Gasteiger charge is -2.19. The first-order chi connectivity index (χ1) is 13.0. The SMILES string of the molecule is CC(C)C.CCOC(=O)CCc1ccc2cc(C)ncc2c1.CCS(C)(C)O. The largest absolute Gasteiger partial charge is 0.466 e. The minimum atomic E-state index is -1.16. The second-order valence-electron chi connectivity index (χ2n) is 7.81. The van der Waals surface area contributed by atoms with Crippen molar-refractivity contribution in [1.82, 2.24) is 4.98 Å². The highest BCUT2D eigenvalue weighted by atomic mass is 32.3. The molecule has 0 aliphatic carbocycles. The number of pyridine rings is 1. The van der Waals surface area contributed by atoms with Gasteiger partial charge in [-0.1, -0.05) is 39.8 Å². The predicted molar refractivity (Wildman–Crippen MR) is 125 cm³/mol. The number of nitrogens with zero attached hydrogens (tertiary/aromatic N) is 1. The van der Waals surface area contributed by atoms with E-state index < -0.39 is 10.3 Å². The van der Waals surface area contributed by atoms with E-state index in [9.17, 15) is 4.79 Å². The van der Waals surface area contributed by atoms with Gasteiger partial charge in [0.05, 0.1) is 6.61 Å². The zero-order chi connectivity index (χ0) is 21.7. The van der Waals surface area contributed by atoms with E-state index in [4.69, 9.17) is 9.29 Å². The molecule has 0 bridgehead atoms. The first-order valence-corrected chi connectivity index (χ1v) is 12.5. The summed E-state index contributed by atoms with van der Waals surface area (Å²) < 4.78 is 13.8. The normalized spacial score (nSPS) is 11.2. The number of ether oxygens (including phenoxy) is 1. The Labute approximate surface area is 173 Å². The van der Waals surface area contributed by atoms with E-state index in [-0.39, 0.29) is 5.97 Å². The van der Waals surface area contributed by atoms with E-state index in [1.165, 1.54) is 5.39 Å². The van der Waals surface area contributed by atoms with E-state index in [2.05, 4.69) is 50.0 Å². The Kier molecular flexibility index (Phi) is 12.8. The van der Waals surface area contributed by atoms with Crippen molar-refractivity contribution in [3.05, 3.63) is 41.7 Å². The molecule has 1 N–H and O–H groups in total. The number of benzene rings is 1. The molecular weight excluding hydrogens is 370 g/mol. The molecule has 5 heteroatoms. The minimum absolute atomic E-state index is 0.139. The lowest BCUT2D eigenvalue weighted by Crippen LogP contribution is -2.05. The van der Waals surface area contributed by atoms with Gasteiger partial charge in [0.1, 0.15) is 0 Å². The first-order valence-electron chi connectivity index (χ1n) is 9.92. The maximum absolute atomic E-state index is 11.3. The van der Waals surface area contributed by atoms with Crippen LogP contribution in [0.4, 0.5) is 0 Å². The molecule has 1 aromatic carbocycles. The van der Waals surface area contributed by atoms with Gasteiger partial charge in [-0.25, -0.2) is 0 Å². The Morgan fingerprint density at radius 3 is 2.21 bits per heavy atom. The average Bonchev–Trinajstić information content (AvgIpc) is 2.59. The Morgan fingerprint density at radius 1 is 1.14 bits per heavy atom. The van der Waals surface area contributed by atoms with Crippen LogP contribution >= 0.6 is 10.3 Å². The van der Waals surface area contributed by atoms with Gasteiger partial charge in [-0.05, 0) is 67.5 Å². The molecule has 160 valence electrons. The molecule has 0 fully saturated rings.